The van der Waals surface area contributed by atoms with Crippen LogP contribution < -0.4 is 25.8 Å². The van der Waals surface area contributed by atoms with Crippen LogP contribution in [0.2, 0.25) is 0 Å². The molecule has 7 heterocycles. The number of aliphatic hydroxyl groups is 1. The molecule has 4 aromatic heterocycles. The van der Waals surface area contributed by atoms with E-state index in [0.29, 0.717) is 64.8 Å². The number of imidazole rings is 1. The Morgan fingerprint density at radius 2 is 1.59 bits per heavy atom. The Bertz CT molecular complexity index is 3050. The average Bonchev–Trinajstić information content (AvgIpc) is 4.33. The van der Waals surface area contributed by atoms with Crippen molar-refractivity contribution in [2.75, 3.05) is 102 Å². The number of hydrogen-bond acceptors (Lipinski definition) is 16. The number of anilines is 2. The van der Waals surface area contributed by atoms with E-state index in [0.717, 1.165) is 69.7 Å². The quantitative estimate of drug-likeness (QED) is 0.0573. The van der Waals surface area contributed by atoms with E-state index < -0.39 is 29.5 Å². The van der Waals surface area contributed by atoms with Crippen LogP contribution in [0.15, 0.2) is 90.6 Å². The molecule has 20 nitrogen and oxygen atoms in total. The lowest BCUT2D eigenvalue weighted by molar-refractivity contribution is -0.144. The van der Waals surface area contributed by atoms with Gasteiger partial charge in [0.25, 0.3) is 0 Å². The molecule has 4 atom stereocenters. The zero-order valence-corrected chi connectivity index (χ0v) is 46.8. The van der Waals surface area contributed by atoms with Crippen LogP contribution in [0.3, 0.4) is 0 Å². The maximum absolute atomic E-state index is 14.1. The second-order valence-corrected chi connectivity index (χ2v) is 22.4. The van der Waals surface area contributed by atoms with Gasteiger partial charge in [-0.25, -0.2) is 23.9 Å². The number of carbonyl (C=O) groups excluding carboxylic acids is 4. The van der Waals surface area contributed by atoms with Gasteiger partial charge in [0.1, 0.15) is 35.2 Å². The highest BCUT2D eigenvalue weighted by atomic mass is 32.1. The Labute approximate surface area is 470 Å². The van der Waals surface area contributed by atoms with E-state index in [2.05, 4.69) is 40.6 Å². The minimum absolute atomic E-state index is 0.0129. The number of aryl methyl sites for hydroxylation is 1. The first-order valence-electron chi connectivity index (χ1n) is 27.5. The van der Waals surface area contributed by atoms with Crippen molar-refractivity contribution in [1.29, 1.82) is 0 Å². The monoisotopic (exact) mass is 1120 g/mol. The first-order chi connectivity index (χ1) is 38.7. The van der Waals surface area contributed by atoms with Crippen LogP contribution >= 0.6 is 11.3 Å². The Morgan fingerprint density at radius 1 is 0.838 bits per heavy atom. The van der Waals surface area contributed by atoms with E-state index in [-0.39, 0.29) is 75.3 Å². The van der Waals surface area contributed by atoms with E-state index in [1.54, 1.807) is 29.7 Å². The summed E-state index contributed by atoms with van der Waals surface area (Å²) in [5, 5.41) is 24.3. The molecule has 4 N–H and O–H groups in total. The largest absolute Gasteiger partial charge is 0.391 e. The number of amides is 4. The molecule has 0 bridgehead atoms. The molecular weight excluding hydrogens is 1040 g/mol. The van der Waals surface area contributed by atoms with Crippen molar-refractivity contribution in [3.05, 3.63) is 113 Å². The van der Waals surface area contributed by atoms with Crippen LogP contribution in [0.5, 0.6) is 0 Å². The summed E-state index contributed by atoms with van der Waals surface area (Å²) in [4.78, 5) is 76.4. The maximum Gasteiger partial charge on any atom is 0.246 e. The molecule has 1 unspecified atom stereocenters. The van der Waals surface area contributed by atoms with Crippen molar-refractivity contribution in [3.63, 3.8) is 0 Å². The molecule has 426 valence electrons. The van der Waals surface area contributed by atoms with E-state index in [1.165, 1.54) is 11.0 Å². The number of β-amino-alcohol motifs (C(OH)–C–C–N with tert-alkyl or cyclic N) is 1. The third-order valence-corrected chi connectivity index (χ3v) is 15.7. The van der Waals surface area contributed by atoms with Gasteiger partial charge in [-0.3, -0.25) is 24.1 Å². The highest BCUT2D eigenvalue weighted by Crippen LogP contribution is 2.36. The molecule has 0 aliphatic carbocycles. The molecule has 3 aliphatic heterocycles. The lowest BCUT2D eigenvalue weighted by atomic mass is 9.85. The molecule has 80 heavy (non-hydrogen) atoms. The van der Waals surface area contributed by atoms with Crippen LogP contribution in [0.1, 0.15) is 69.3 Å². The second kappa shape index (κ2) is 27.0. The summed E-state index contributed by atoms with van der Waals surface area (Å²) in [6.45, 7) is 13.7. The molecule has 2 aromatic carbocycles. The van der Waals surface area contributed by atoms with Crippen molar-refractivity contribution >= 4 is 52.2 Å². The molecule has 0 saturated carbocycles. The number of aliphatic hydroxyl groups excluding tert-OH is 1. The number of ether oxygens (including phenoxy) is 3. The normalized spacial score (nSPS) is 18.2. The van der Waals surface area contributed by atoms with Crippen molar-refractivity contribution in [2.24, 2.45) is 5.41 Å². The summed E-state index contributed by atoms with van der Waals surface area (Å²) >= 11 is 1.57. The lowest BCUT2D eigenvalue weighted by Crippen LogP contribution is -2.57. The number of carbonyl (C=O) groups is 4. The predicted molar refractivity (Wildman–Crippen MR) is 302 cm³/mol. The van der Waals surface area contributed by atoms with E-state index in [9.17, 15) is 28.7 Å². The summed E-state index contributed by atoms with van der Waals surface area (Å²) in [6.07, 6.45) is 2.95. The van der Waals surface area contributed by atoms with Gasteiger partial charge in [-0.2, -0.15) is 0 Å². The number of nitrogens with one attached hydrogen (secondary N) is 3. The van der Waals surface area contributed by atoms with Crippen LogP contribution in [0.25, 0.3) is 27.5 Å². The number of fused-ring (bicyclic) bond motifs is 1. The third kappa shape index (κ3) is 14.9. The molecule has 3 fully saturated rings. The Balaban J connectivity index is 0.615. The number of benzene rings is 2. The van der Waals surface area contributed by atoms with E-state index in [1.807, 2.05) is 98.4 Å². The molecule has 6 aromatic rings. The fourth-order valence-electron chi connectivity index (χ4n) is 10.4. The van der Waals surface area contributed by atoms with Gasteiger partial charge in [-0.1, -0.05) is 63.2 Å². The first-order valence-corrected chi connectivity index (χ1v) is 28.4. The highest BCUT2D eigenvalue weighted by Gasteiger charge is 2.44. The van der Waals surface area contributed by atoms with Crippen molar-refractivity contribution in [3.8, 4) is 21.8 Å². The molecule has 3 aliphatic rings. The van der Waals surface area contributed by atoms with Crippen LogP contribution in [-0.4, -0.2) is 173 Å². The zero-order valence-electron chi connectivity index (χ0n) is 46.0. The lowest BCUT2D eigenvalue weighted by Gasteiger charge is -2.35. The average molecular weight is 1120 g/mol. The van der Waals surface area contributed by atoms with Gasteiger partial charge >= 0.3 is 0 Å². The molecule has 22 heteroatoms. The summed E-state index contributed by atoms with van der Waals surface area (Å²) in [5.74, 6) is 0.165. The second-order valence-electron chi connectivity index (χ2n) is 21.5. The molecule has 0 spiro atoms. The minimum Gasteiger partial charge on any atom is -0.391 e. The molecular formula is C58H73FN12O8S. The van der Waals surface area contributed by atoms with Gasteiger partial charge in [-0.05, 0) is 78.3 Å². The standard InChI is InChI=1S/C58H73FN12O8S/c1-39-54(80-38-63-39)41-15-13-40(14-16-41)34-62-56(75)47-33-44(72)36-70(47)57(76)55(58(2,3)4)65-52(73)19-26-77-28-30-79-31-29-78-27-20-60-53(74)37-67-22-24-68(25-23-67)50-12-6-10-45(64-50)48-35-61-49-17-18-51(66-71(48)49)69-21-7-11-46(69)42-8-5-9-43(59)32-42/h5-6,8-10,12-18,32,35,38,44,46-47,55,72H,7,11,19-31,33-34,36-37H2,1-4H3,(H,60,74)(H,62,75)(H,65,73)/t44-,46-,47+,55?/m1/s1. The predicted octanol–water partition coefficient (Wildman–Crippen LogP) is 5.19. The first kappa shape index (κ1) is 57.7. The van der Waals surface area contributed by atoms with Gasteiger partial charge < -0.3 is 50.0 Å². The molecule has 3 saturated heterocycles. The van der Waals surface area contributed by atoms with E-state index in [4.69, 9.17) is 24.3 Å². The molecule has 0 radical (unpaired) electrons. The van der Waals surface area contributed by atoms with Crippen LogP contribution in [0, 0.1) is 18.2 Å². The zero-order chi connectivity index (χ0) is 56.2. The number of thiazole rings is 1. The Morgan fingerprint density at radius 3 is 2.33 bits per heavy atom. The number of hydrogen-bond donors (Lipinski definition) is 4. The van der Waals surface area contributed by atoms with Gasteiger partial charge in [0.2, 0.25) is 23.6 Å². The Hall–Kier alpha value is -6.95. The number of likely N-dealkylation sites (tertiary alicyclic amines) is 1. The van der Waals surface area contributed by atoms with E-state index >= 15 is 0 Å². The highest BCUT2D eigenvalue weighted by molar-refractivity contribution is 7.13. The van der Waals surface area contributed by atoms with Crippen molar-refractivity contribution in [1.82, 2.24) is 50.3 Å². The summed E-state index contributed by atoms with van der Waals surface area (Å²) in [7, 11) is 0. The van der Waals surface area contributed by atoms with Crippen LogP contribution in [-0.2, 0) is 39.9 Å². The number of rotatable bonds is 24. The number of nitrogens with zero attached hydrogens (tertiary/aromatic N) is 9. The fraction of sp³-hybridized carbons (Fsp3) is 0.483. The third-order valence-electron chi connectivity index (χ3n) is 14.7. The molecule has 9 rings (SSSR count). The maximum atomic E-state index is 14.1. The van der Waals surface area contributed by atoms with Crippen molar-refractivity contribution < 1.29 is 42.9 Å². The van der Waals surface area contributed by atoms with Gasteiger partial charge in [-0.15, -0.1) is 16.4 Å². The minimum atomic E-state index is -0.941. The van der Waals surface area contributed by atoms with Crippen molar-refractivity contribution in [2.45, 2.75) is 84.2 Å². The number of pyridine rings is 1. The van der Waals surface area contributed by atoms with Gasteiger partial charge in [0.15, 0.2) is 5.65 Å². The van der Waals surface area contributed by atoms with Gasteiger partial charge in [0, 0.05) is 65.2 Å². The Kier molecular flexibility index (Phi) is 19.5. The summed E-state index contributed by atoms with van der Waals surface area (Å²) in [5.41, 5.74) is 7.21. The SMILES string of the molecule is Cc1ncsc1-c1ccc(CNC(=O)[C@@H]2C[C@@H](O)CN2C(=O)C(NC(=O)CCOCCOCCOCCNC(=O)CN2CCN(c3cccc(-c4cnc5ccc(N6CCC[C@@H]6c6cccc(F)c6)nn45)n3)CC2)C(C)(C)C)cc1. The summed E-state index contributed by atoms with van der Waals surface area (Å²) < 4.78 is 32.9. The summed E-state index contributed by atoms with van der Waals surface area (Å²) in [6, 6.07) is 22.8. The topological polar surface area (TPSA) is 221 Å². The smallest absolute Gasteiger partial charge is 0.246 e. The number of halogens is 1. The van der Waals surface area contributed by atoms with Gasteiger partial charge in [0.05, 0.1) is 86.3 Å². The fourth-order valence-corrected chi connectivity index (χ4v) is 11.2. The number of piperazine rings is 1. The number of aromatic nitrogens is 5. The van der Waals surface area contributed by atoms with Crippen LogP contribution in [0.4, 0.5) is 16.0 Å². The molecule has 4 amide bonds.